The highest BCUT2D eigenvalue weighted by Gasteiger charge is 2.31. The van der Waals surface area contributed by atoms with E-state index < -0.39 is 12.1 Å². The molecule has 9 nitrogen and oxygen atoms in total. The number of alkyl halides is 3. The van der Waals surface area contributed by atoms with Gasteiger partial charge in [0.1, 0.15) is 28.8 Å². The third-order valence-electron chi connectivity index (χ3n) is 5.37. The fourth-order valence-electron chi connectivity index (χ4n) is 3.71. The van der Waals surface area contributed by atoms with Crippen molar-refractivity contribution >= 4 is 23.3 Å². The molecular formula is C25H24F3N5O4. The first-order valence-electron chi connectivity index (χ1n) is 11.5. The normalized spacial score (nSPS) is 13.4. The molecule has 0 unspecified atom stereocenters. The van der Waals surface area contributed by atoms with Crippen molar-refractivity contribution in [2.75, 3.05) is 18.4 Å². The van der Waals surface area contributed by atoms with E-state index in [1.165, 1.54) is 12.3 Å². The molecular weight excluding hydrogens is 491 g/mol. The molecule has 0 bridgehead atoms. The van der Waals surface area contributed by atoms with E-state index in [1.54, 1.807) is 35.2 Å². The standard InChI is InChI=1S/C25H24F3N5O4/c1-2-29-24(35)20-8-6-18(13-30-20)36-21-9-5-17(12-16(21)15-33-11-3-4-23(33)34)32-22-10-7-19(14-31-22)37-25(26,27)28/h5-10,12-14H,2-4,11,15H2,1H3,(H,29,35)(H,31,32). The Hall–Kier alpha value is -4.35. The van der Waals surface area contributed by atoms with Gasteiger partial charge in [-0.1, -0.05) is 0 Å². The van der Waals surface area contributed by atoms with E-state index in [0.717, 1.165) is 18.7 Å². The van der Waals surface area contributed by atoms with E-state index in [9.17, 15) is 22.8 Å². The number of benzene rings is 1. The summed E-state index contributed by atoms with van der Waals surface area (Å²) in [7, 11) is 0. The number of amides is 2. The van der Waals surface area contributed by atoms with Crippen molar-refractivity contribution in [3.63, 3.8) is 0 Å². The van der Waals surface area contributed by atoms with Crippen LogP contribution in [0.5, 0.6) is 17.2 Å². The van der Waals surface area contributed by atoms with Crippen LogP contribution in [-0.2, 0) is 11.3 Å². The first-order chi connectivity index (χ1) is 17.7. The first-order valence-corrected chi connectivity index (χ1v) is 11.5. The molecule has 12 heteroatoms. The van der Waals surface area contributed by atoms with Crippen LogP contribution in [-0.4, -0.2) is 46.1 Å². The molecule has 2 amide bonds. The second-order valence-electron chi connectivity index (χ2n) is 8.13. The average Bonchev–Trinajstić information content (AvgIpc) is 3.26. The number of likely N-dealkylation sites (tertiary alicyclic amines) is 1. The Bertz CT molecular complexity index is 1250. The molecule has 1 fully saturated rings. The third-order valence-corrected chi connectivity index (χ3v) is 5.37. The van der Waals surface area contributed by atoms with Crippen LogP contribution < -0.4 is 20.1 Å². The molecule has 1 aliphatic rings. The summed E-state index contributed by atoms with van der Waals surface area (Å²) in [6, 6.07) is 10.9. The van der Waals surface area contributed by atoms with E-state index >= 15 is 0 Å². The van der Waals surface area contributed by atoms with E-state index in [1.807, 2.05) is 6.92 Å². The fourth-order valence-corrected chi connectivity index (χ4v) is 3.71. The Morgan fingerprint density at radius 1 is 1.08 bits per heavy atom. The van der Waals surface area contributed by atoms with Crippen molar-refractivity contribution < 1.29 is 32.2 Å². The van der Waals surface area contributed by atoms with Gasteiger partial charge >= 0.3 is 6.36 Å². The lowest BCUT2D eigenvalue weighted by Gasteiger charge is -2.19. The lowest BCUT2D eigenvalue weighted by molar-refractivity contribution is -0.274. The fraction of sp³-hybridized carbons (Fsp3) is 0.280. The summed E-state index contributed by atoms with van der Waals surface area (Å²) >= 11 is 0. The maximum atomic E-state index is 12.4. The van der Waals surface area contributed by atoms with Crippen LogP contribution >= 0.6 is 0 Å². The molecule has 2 aromatic heterocycles. The van der Waals surface area contributed by atoms with Gasteiger partial charge in [0.15, 0.2) is 0 Å². The Kier molecular flexibility index (Phi) is 7.75. The summed E-state index contributed by atoms with van der Waals surface area (Å²) in [5, 5.41) is 5.70. The van der Waals surface area contributed by atoms with Crippen LogP contribution in [0.15, 0.2) is 54.9 Å². The minimum Gasteiger partial charge on any atom is -0.455 e. The summed E-state index contributed by atoms with van der Waals surface area (Å²) in [4.78, 5) is 34.0. The summed E-state index contributed by atoms with van der Waals surface area (Å²) in [5.74, 6) is 0.520. The van der Waals surface area contributed by atoms with Crippen molar-refractivity contribution in [1.29, 1.82) is 0 Å². The number of hydrogen-bond donors (Lipinski definition) is 2. The predicted octanol–water partition coefficient (Wildman–Crippen LogP) is 4.78. The van der Waals surface area contributed by atoms with Crippen LogP contribution in [0, 0.1) is 0 Å². The number of ether oxygens (including phenoxy) is 2. The van der Waals surface area contributed by atoms with E-state index in [2.05, 4.69) is 25.3 Å². The molecule has 3 heterocycles. The highest BCUT2D eigenvalue weighted by atomic mass is 19.4. The van der Waals surface area contributed by atoms with Gasteiger partial charge in [-0.3, -0.25) is 9.59 Å². The molecule has 4 rings (SSSR count). The molecule has 0 atom stereocenters. The number of carbonyl (C=O) groups excluding carboxylic acids is 2. The predicted molar refractivity (Wildman–Crippen MR) is 128 cm³/mol. The zero-order chi connectivity index (χ0) is 26.4. The molecule has 2 N–H and O–H groups in total. The van der Waals surface area contributed by atoms with E-state index in [0.29, 0.717) is 54.6 Å². The number of halogens is 3. The zero-order valence-electron chi connectivity index (χ0n) is 19.8. The zero-order valence-corrected chi connectivity index (χ0v) is 19.8. The highest BCUT2D eigenvalue weighted by Crippen LogP contribution is 2.31. The van der Waals surface area contributed by atoms with Crippen molar-refractivity contribution in [2.45, 2.75) is 32.7 Å². The van der Waals surface area contributed by atoms with Crippen LogP contribution in [0.4, 0.5) is 24.7 Å². The van der Waals surface area contributed by atoms with Gasteiger partial charge in [0, 0.05) is 37.3 Å². The van der Waals surface area contributed by atoms with Gasteiger partial charge in [-0.2, -0.15) is 0 Å². The Labute approximate surface area is 210 Å². The Balaban J connectivity index is 1.53. The summed E-state index contributed by atoms with van der Waals surface area (Å²) < 4.78 is 47.0. The Morgan fingerprint density at radius 3 is 2.49 bits per heavy atom. The quantitative estimate of drug-likeness (QED) is 0.422. The second kappa shape index (κ2) is 11.1. The number of rotatable bonds is 9. The SMILES string of the molecule is CCNC(=O)c1ccc(Oc2ccc(Nc3ccc(OC(F)(F)F)cn3)cc2CN2CCCC2=O)cn1. The molecule has 0 saturated carbocycles. The molecule has 1 saturated heterocycles. The maximum absolute atomic E-state index is 12.4. The first kappa shape index (κ1) is 25.7. The topological polar surface area (TPSA) is 106 Å². The number of anilines is 2. The van der Waals surface area contributed by atoms with Gasteiger partial charge < -0.3 is 25.0 Å². The van der Waals surface area contributed by atoms with Gasteiger partial charge in [-0.15, -0.1) is 13.2 Å². The monoisotopic (exact) mass is 515 g/mol. The third kappa shape index (κ3) is 7.09. The number of aromatic nitrogens is 2. The van der Waals surface area contributed by atoms with Gasteiger partial charge in [-0.25, -0.2) is 9.97 Å². The van der Waals surface area contributed by atoms with Crippen molar-refractivity contribution in [2.24, 2.45) is 0 Å². The summed E-state index contributed by atoms with van der Waals surface area (Å²) in [6.07, 6.45) is -1.14. The number of nitrogens with zero attached hydrogens (tertiary/aromatic N) is 3. The second-order valence-corrected chi connectivity index (χ2v) is 8.13. The van der Waals surface area contributed by atoms with Crippen molar-refractivity contribution in [1.82, 2.24) is 20.2 Å². The lowest BCUT2D eigenvalue weighted by Crippen LogP contribution is -2.24. The van der Waals surface area contributed by atoms with Crippen molar-refractivity contribution in [3.8, 4) is 17.2 Å². The highest BCUT2D eigenvalue weighted by molar-refractivity contribution is 5.92. The van der Waals surface area contributed by atoms with Gasteiger partial charge in [0.2, 0.25) is 5.91 Å². The minimum atomic E-state index is -4.80. The molecule has 37 heavy (non-hydrogen) atoms. The maximum Gasteiger partial charge on any atom is 0.573 e. The molecule has 0 spiro atoms. The van der Waals surface area contributed by atoms with Crippen LogP contribution in [0.25, 0.3) is 0 Å². The smallest absolute Gasteiger partial charge is 0.455 e. The summed E-state index contributed by atoms with van der Waals surface area (Å²) in [6.45, 7) is 3.23. The minimum absolute atomic E-state index is 0.0409. The van der Waals surface area contributed by atoms with Gasteiger partial charge in [-0.05, 0) is 55.8 Å². The van der Waals surface area contributed by atoms with Crippen molar-refractivity contribution in [3.05, 3.63) is 66.1 Å². The van der Waals surface area contributed by atoms with E-state index in [4.69, 9.17) is 4.74 Å². The Morgan fingerprint density at radius 2 is 1.86 bits per heavy atom. The average molecular weight is 515 g/mol. The largest absolute Gasteiger partial charge is 0.573 e. The summed E-state index contributed by atoms with van der Waals surface area (Å²) in [5.41, 5.74) is 1.55. The van der Waals surface area contributed by atoms with Gasteiger partial charge in [0.25, 0.3) is 5.91 Å². The molecule has 0 aliphatic carbocycles. The van der Waals surface area contributed by atoms with Gasteiger partial charge in [0.05, 0.1) is 12.4 Å². The van der Waals surface area contributed by atoms with Crippen LogP contribution in [0.3, 0.4) is 0 Å². The van der Waals surface area contributed by atoms with E-state index in [-0.39, 0.29) is 17.5 Å². The van der Waals surface area contributed by atoms with Crippen LogP contribution in [0.2, 0.25) is 0 Å². The number of pyridine rings is 2. The molecule has 1 aromatic carbocycles. The molecule has 194 valence electrons. The number of hydrogen-bond acceptors (Lipinski definition) is 7. The number of nitrogens with one attached hydrogen (secondary N) is 2. The molecule has 1 aliphatic heterocycles. The molecule has 0 radical (unpaired) electrons. The molecule has 3 aromatic rings. The van der Waals surface area contributed by atoms with Crippen LogP contribution in [0.1, 0.15) is 35.8 Å². The lowest BCUT2D eigenvalue weighted by atomic mass is 10.1. The number of carbonyl (C=O) groups is 2.